The van der Waals surface area contributed by atoms with Gasteiger partial charge < -0.3 is 5.73 Å². The lowest BCUT2D eigenvalue weighted by atomic mass is 9.94. The first-order valence-electron chi connectivity index (χ1n) is 6.70. The summed E-state index contributed by atoms with van der Waals surface area (Å²) in [5.74, 6) is 1.04. The fourth-order valence-corrected chi connectivity index (χ4v) is 3.06. The van der Waals surface area contributed by atoms with E-state index < -0.39 is 0 Å². The van der Waals surface area contributed by atoms with Crippen LogP contribution in [-0.4, -0.2) is 29.6 Å². The van der Waals surface area contributed by atoms with E-state index in [1.54, 1.807) is 0 Å². The van der Waals surface area contributed by atoms with Gasteiger partial charge in [-0.2, -0.15) is 0 Å². The molecule has 1 aliphatic carbocycles. The number of rotatable bonds is 4. The van der Waals surface area contributed by atoms with Gasteiger partial charge in [0.15, 0.2) is 0 Å². The van der Waals surface area contributed by atoms with Crippen molar-refractivity contribution in [2.24, 2.45) is 11.7 Å². The number of hydrogen-bond donors (Lipinski definition) is 1. The highest BCUT2D eigenvalue weighted by atomic mass is 15.2. The second kappa shape index (κ2) is 4.84. The first-order chi connectivity index (χ1) is 7.18. The van der Waals surface area contributed by atoms with Crippen LogP contribution in [0.3, 0.4) is 0 Å². The molecule has 88 valence electrons. The van der Waals surface area contributed by atoms with Gasteiger partial charge in [0.05, 0.1) is 0 Å². The Kier molecular flexibility index (Phi) is 3.68. The van der Waals surface area contributed by atoms with Crippen LogP contribution in [0.4, 0.5) is 0 Å². The lowest BCUT2D eigenvalue weighted by Crippen LogP contribution is -2.52. The zero-order valence-electron chi connectivity index (χ0n) is 10.3. The van der Waals surface area contributed by atoms with Gasteiger partial charge in [0.25, 0.3) is 0 Å². The molecular weight excluding hydrogens is 184 g/mol. The Morgan fingerprint density at radius 2 is 1.93 bits per heavy atom. The average Bonchev–Trinajstić information content (AvgIpc) is 3.01. The van der Waals surface area contributed by atoms with Gasteiger partial charge in [-0.05, 0) is 45.6 Å². The maximum atomic E-state index is 6.10. The second-order valence-corrected chi connectivity index (χ2v) is 5.69. The van der Waals surface area contributed by atoms with E-state index in [9.17, 15) is 0 Å². The van der Waals surface area contributed by atoms with Crippen molar-refractivity contribution in [3.8, 4) is 0 Å². The minimum Gasteiger partial charge on any atom is -0.327 e. The Morgan fingerprint density at radius 1 is 1.20 bits per heavy atom. The lowest BCUT2D eigenvalue weighted by molar-refractivity contribution is 0.0822. The fraction of sp³-hybridized carbons (Fsp3) is 1.00. The molecule has 2 fully saturated rings. The van der Waals surface area contributed by atoms with Crippen LogP contribution in [0.25, 0.3) is 0 Å². The number of nitrogens with two attached hydrogens (primary N) is 1. The summed E-state index contributed by atoms with van der Waals surface area (Å²) in [5.41, 5.74) is 6.10. The lowest BCUT2D eigenvalue weighted by Gasteiger charge is -2.42. The summed E-state index contributed by atoms with van der Waals surface area (Å²) in [6.45, 7) is 5.85. The Labute approximate surface area is 94.2 Å². The molecule has 3 unspecified atom stereocenters. The Bertz CT molecular complexity index is 199. The molecule has 0 amide bonds. The van der Waals surface area contributed by atoms with E-state index >= 15 is 0 Å². The molecule has 0 aromatic carbocycles. The molecule has 1 saturated carbocycles. The molecule has 2 heteroatoms. The Morgan fingerprint density at radius 3 is 2.53 bits per heavy atom. The summed E-state index contributed by atoms with van der Waals surface area (Å²) in [6.07, 6.45) is 8.41. The SMILES string of the molecule is CC(N)C1CCCCN1C(C)CC1CC1. The van der Waals surface area contributed by atoms with Crippen molar-refractivity contribution < 1.29 is 0 Å². The van der Waals surface area contributed by atoms with Crippen molar-refractivity contribution in [1.82, 2.24) is 4.90 Å². The van der Waals surface area contributed by atoms with Crippen molar-refractivity contribution in [2.75, 3.05) is 6.54 Å². The molecule has 2 aliphatic rings. The van der Waals surface area contributed by atoms with Crippen molar-refractivity contribution >= 4 is 0 Å². The van der Waals surface area contributed by atoms with Crippen LogP contribution in [0.1, 0.15) is 52.4 Å². The van der Waals surface area contributed by atoms with E-state index in [4.69, 9.17) is 5.73 Å². The summed E-state index contributed by atoms with van der Waals surface area (Å²) in [7, 11) is 0. The van der Waals surface area contributed by atoms with E-state index in [0.717, 1.165) is 12.0 Å². The summed E-state index contributed by atoms with van der Waals surface area (Å²) in [6, 6.07) is 1.74. The van der Waals surface area contributed by atoms with E-state index in [0.29, 0.717) is 12.1 Å². The van der Waals surface area contributed by atoms with Crippen LogP contribution < -0.4 is 5.73 Å². The van der Waals surface area contributed by atoms with Crippen molar-refractivity contribution in [2.45, 2.75) is 70.5 Å². The first kappa shape index (κ1) is 11.4. The molecule has 2 nitrogen and oxygen atoms in total. The third kappa shape index (κ3) is 2.94. The third-order valence-electron chi connectivity index (χ3n) is 4.14. The van der Waals surface area contributed by atoms with Crippen LogP contribution in [0.2, 0.25) is 0 Å². The van der Waals surface area contributed by atoms with Crippen LogP contribution in [0, 0.1) is 5.92 Å². The van der Waals surface area contributed by atoms with E-state index in [-0.39, 0.29) is 0 Å². The van der Waals surface area contributed by atoms with Gasteiger partial charge in [-0.3, -0.25) is 4.90 Å². The minimum atomic E-state index is 0.340. The average molecular weight is 210 g/mol. The summed E-state index contributed by atoms with van der Waals surface area (Å²) in [5, 5.41) is 0. The summed E-state index contributed by atoms with van der Waals surface area (Å²) >= 11 is 0. The first-order valence-corrected chi connectivity index (χ1v) is 6.70. The molecule has 3 atom stereocenters. The highest BCUT2D eigenvalue weighted by molar-refractivity contribution is 4.88. The standard InChI is InChI=1S/C13H26N2/c1-10(9-12-6-7-12)15-8-4-3-5-13(15)11(2)14/h10-13H,3-9,14H2,1-2H3. The number of hydrogen-bond acceptors (Lipinski definition) is 2. The van der Waals surface area contributed by atoms with Crippen LogP contribution >= 0.6 is 0 Å². The maximum absolute atomic E-state index is 6.10. The van der Waals surface area contributed by atoms with Crippen LogP contribution in [-0.2, 0) is 0 Å². The van der Waals surface area contributed by atoms with Gasteiger partial charge in [-0.15, -0.1) is 0 Å². The normalized spacial score (nSPS) is 32.6. The highest BCUT2D eigenvalue weighted by Gasteiger charge is 2.32. The van der Waals surface area contributed by atoms with Gasteiger partial charge in [-0.25, -0.2) is 0 Å². The molecule has 0 aromatic heterocycles. The molecule has 0 bridgehead atoms. The highest BCUT2D eigenvalue weighted by Crippen LogP contribution is 2.36. The van der Waals surface area contributed by atoms with Gasteiger partial charge in [-0.1, -0.05) is 19.3 Å². The van der Waals surface area contributed by atoms with Crippen molar-refractivity contribution in [3.05, 3.63) is 0 Å². The monoisotopic (exact) mass is 210 g/mol. The molecule has 0 radical (unpaired) electrons. The minimum absolute atomic E-state index is 0.340. The molecule has 0 aromatic rings. The molecule has 1 aliphatic heterocycles. The molecule has 0 spiro atoms. The predicted octanol–water partition coefficient (Wildman–Crippen LogP) is 2.38. The van der Waals surface area contributed by atoms with Gasteiger partial charge in [0.1, 0.15) is 0 Å². The van der Waals surface area contributed by atoms with Gasteiger partial charge in [0.2, 0.25) is 0 Å². The largest absolute Gasteiger partial charge is 0.327 e. The molecule has 2 rings (SSSR count). The Balaban J connectivity index is 1.90. The fourth-order valence-electron chi connectivity index (χ4n) is 3.06. The maximum Gasteiger partial charge on any atom is 0.0247 e. The van der Waals surface area contributed by atoms with Crippen LogP contribution in [0.5, 0.6) is 0 Å². The molecule has 1 saturated heterocycles. The van der Waals surface area contributed by atoms with E-state index in [1.165, 1.54) is 45.1 Å². The number of likely N-dealkylation sites (tertiary alicyclic amines) is 1. The van der Waals surface area contributed by atoms with Crippen molar-refractivity contribution in [1.29, 1.82) is 0 Å². The molecular formula is C13H26N2. The number of piperidine rings is 1. The van der Waals surface area contributed by atoms with E-state index in [2.05, 4.69) is 18.7 Å². The molecule has 2 N–H and O–H groups in total. The topological polar surface area (TPSA) is 29.3 Å². The summed E-state index contributed by atoms with van der Waals surface area (Å²) < 4.78 is 0. The zero-order valence-corrected chi connectivity index (χ0v) is 10.3. The smallest absolute Gasteiger partial charge is 0.0247 e. The quantitative estimate of drug-likeness (QED) is 0.772. The predicted molar refractivity (Wildman–Crippen MR) is 64.8 cm³/mol. The summed E-state index contributed by atoms with van der Waals surface area (Å²) in [4.78, 5) is 2.69. The second-order valence-electron chi connectivity index (χ2n) is 5.69. The van der Waals surface area contributed by atoms with Gasteiger partial charge in [0, 0.05) is 18.1 Å². The molecule has 15 heavy (non-hydrogen) atoms. The zero-order chi connectivity index (χ0) is 10.8. The van der Waals surface area contributed by atoms with Gasteiger partial charge >= 0.3 is 0 Å². The van der Waals surface area contributed by atoms with Crippen molar-refractivity contribution in [3.63, 3.8) is 0 Å². The number of nitrogens with zero attached hydrogens (tertiary/aromatic N) is 1. The van der Waals surface area contributed by atoms with Crippen LogP contribution in [0.15, 0.2) is 0 Å². The molecule has 1 heterocycles. The Hall–Kier alpha value is -0.0800. The van der Waals surface area contributed by atoms with E-state index in [1.807, 2.05) is 0 Å². The third-order valence-corrected chi connectivity index (χ3v) is 4.14.